The zero-order chi connectivity index (χ0) is 12.8. The highest BCUT2D eigenvalue weighted by Gasteiger charge is 2.14. The first kappa shape index (κ1) is 14.0. The summed E-state index contributed by atoms with van der Waals surface area (Å²) in [5, 5.41) is 2.65. The highest BCUT2D eigenvalue weighted by atomic mass is 32.2. The van der Waals surface area contributed by atoms with Gasteiger partial charge in [0, 0.05) is 5.69 Å². The minimum Gasteiger partial charge on any atom is -0.324 e. The number of carbonyl (C=O) groups excluding carboxylic acids is 1. The molecule has 5 heteroatoms. The van der Waals surface area contributed by atoms with Crippen LogP contribution in [0.3, 0.4) is 0 Å². The van der Waals surface area contributed by atoms with Gasteiger partial charge in [0.15, 0.2) is 0 Å². The molecular weight excluding hydrogens is 239 g/mol. The molecule has 0 fully saturated rings. The van der Waals surface area contributed by atoms with Crippen molar-refractivity contribution in [3.05, 3.63) is 29.6 Å². The van der Waals surface area contributed by atoms with Crippen LogP contribution in [0.4, 0.5) is 10.1 Å². The quantitative estimate of drug-likeness (QED) is 0.848. The van der Waals surface area contributed by atoms with E-state index in [0.717, 1.165) is 11.3 Å². The van der Waals surface area contributed by atoms with Crippen LogP contribution < -0.4 is 11.1 Å². The Morgan fingerprint density at radius 1 is 1.59 bits per heavy atom. The number of aryl methyl sites for hydroxylation is 1. The van der Waals surface area contributed by atoms with E-state index in [1.165, 1.54) is 12.1 Å². The van der Waals surface area contributed by atoms with E-state index in [1.807, 2.05) is 13.2 Å². The molecule has 0 spiro atoms. The van der Waals surface area contributed by atoms with Gasteiger partial charge in [0.25, 0.3) is 0 Å². The molecule has 1 atom stereocenters. The number of nitrogens with two attached hydrogens (primary N) is 1. The molecule has 0 saturated heterocycles. The van der Waals surface area contributed by atoms with Crippen molar-refractivity contribution in [3.63, 3.8) is 0 Å². The third-order valence-electron chi connectivity index (χ3n) is 2.43. The van der Waals surface area contributed by atoms with Crippen molar-refractivity contribution in [2.24, 2.45) is 5.73 Å². The summed E-state index contributed by atoms with van der Waals surface area (Å²) in [6.45, 7) is 1.81. The standard InChI is InChI=1S/C12H17FN2OS/c1-8-3-4-9(13)7-11(8)15-12(16)10(14)5-6-17-2/h3-4,7,10H,5-6,14H2,1-2H3,(H,15,16). The second kappa shape index (κ2) is 6.61. The summed E-state index contributed by atoms with van der Waals surface area (Å²) >= 11 is 1.64. The largest absolute Gasteiger partial charge is 0.324 e. The Hall–Kier alpha value is -1.07. The number of hydrogen-bond acceptors (Lipinski definition) is 3. The second-order valence-corrected chi connectivity index (χ2v) is 4.82. The van der Waals surface area contributed by atoms with E-state index in [0.29, 0.717) is 12.1 Å². The molecule has 3 nitrogen and oxygen atoms in total. The number of thioether (sulfide) groups is 1. The molecule has 17 heavy (non-hydrogen) atoms. The predicted octanol–water partition coefficient (Wildman–Crippen LogP) is 2.15. The number of benzene rings is 1. The summed E-state index contributed by atoms with van der Waals surface area (Å²) in [5.74, 6) is 0.188. The lowest BCUT2D eigenvalue weighted by atomic mass is 10.1. The van der Waals surface area contributed by atoms with E-state index < -0.39 is 6.04 Å². The van der Waals surface area contributed by atoms with E-state index >= 15 is 0 Å². The first-order valence-electron chi connectivity index (χ1n) is 5.36. The number of hydrogen-bond donors (Lipinski definition) is 2. The van der Waals surface area contributed by atoms with Crippen LogP contribution in [-0.2, 0) is 4.79 Å². The second-order valence-electron chi connectivity index (χ2n) is 3.84. The Labute approximate surface area is 105 Å². The normalized spacial score (nSPS) is 12.2. The highest BCUT2D eigenvalue weighted by Crippen LogP contribution is 2.16. The van der Waals surface area contributed by atoms with Crippen LogP contribution in [0.5, 0.6) is 0 Å². The zero-order valence-corrected chi connectivity index (χ0v) is 10.8. The van der Waals surface area contributed by atoms with Crippen LogP contribution in [0.2, 0.25) is 0 Å². The average Bonchev–Trinajstić information content (AvgIpc) is 2.30. The molecule has 0 bridgehead atoms. The maximum absolute atomic E-state index is 13.0. The molecule has 1 amide bonds. The van der Waals surface area contributed by atoms with Crippen molar-refractivity contribution in [1.29, 1.82) is 0 Å². The fraction of sp³-hybridized carbons (Fsp3) is 0.417. The summed E-state index contributed by atoms with van der Waals surface area (Å²) < 4.78 is 13.0. The fourth-order valence-electron chi connectivity index (χ4n) is 1.33. The van der Waals surface area contributed by atoms with E-state index in [9.17, 15) is 9.18 Å². The first-order chi connectivity index (χ1) is 8.04. The van der Waals surface area contributed by atoms with E-state index in [1.54, 1.807) is 17.8 Å². The monoisotopic (exact) mass is 256 g/mol. The molecule has 3 N–H and O–H groups in total. The number of rotatable bonds is 5. The lowest BCUT2D eigenvalue weighted by Crippen LogP contribution is -2.36. The molecule has 1 rings (SSSR count). The lowest BCUT2D eigenvalue weighted by molar-refractivity contribution is -0.117. The van der Waals surface area contributed by atoms with E-state index in [4.69, 9.17) is 5.73 Å². The molecular formula is C12H17FN2OS. The molecule has 0 aromatic heterocycles. The molecule has 0 aliphatic carbocycles. The maximum atomic E-state index is 13.0. The number of carbonyl (C=O) groups is 1. The SMILES string of the molecule is CSCCC(N)C(=O)Nc1cc(F)ccc1C. The van der Waals surface area contributed by atoms with Gasteiger partial charge in [0.05, 0.1) is 6.04 Å². The molecule has 1 aromatic rings. The van der Waals surface area contributed by atoms with Gasteiger partial charge in [-0.3, -0.25) is 4.79 Å². The lowest BCUT2D eigenvalue weighted by Gasteiger charge is -2.13. The Kier molecular flexibility index (Phi) is 5.44. The van der Waals surface area contributed by atoms with Gasteiger partial charge >= 0.3 is 0 Å². The molecule has 0 aliphatic rings. The summed E-state index contributed by atoms with van der Waals surface area (Å²) in [6, 6.07) is 3.73. The van der Waals surface area contributed by atoms with Crippen molar-refractivity contribution in [2.45, 2.75) is 19.4 Å². The predicted molar refractivity (Wildman–Crippen MR) is 70.7 cm³/mol. The topological polar surface area (TPSA) is 55.1 Å². The maximum Gasteiger partial charge on any atom is 0.241 e. The summed E-state index contributed by atoms with van der Waals surface area (Å²) in [5.41, 5.74) is 7.02. The van der Waals surface area contributed by atoms with Crippen LogP contribution in [0.1, 0.15) is 12.0 Å². The van der Waals surface area contributed by atoms with Crippen LogP contribution in [0, 0.1) is 12.7 Å². The van der Waals surface area contributed by atoms with E-state index in [-0.39, 0.29) is 11.7 Å². The van der Waals surface area contributed by atoms with Crippen molar-refractivity contribution < 1.29 is 9.18 Å². The first-order valence-corrected chi connectivity index (χ1v) is 6.75. The fourth-order valence-corrected chi connectivity index (χ4v) is 1.82. The van der Waals surface area contributed by atoms with Gasteiger partial charge in [-0.15, -0.1) is 0 Å². The molecule has 0 aliphatic heterocycles. The Morgan fingerprint density at radius 2 is 2.29 bits per heavy atom. The Morgan fingerprint density at radius 3 is 2.94 bits per heavy atom. The van der Waals surface area contributed by atoms with Gasteiger partial charge in [0.1, 0.15) is 5.82 Å². The van der Waals surface area contributed by atoms with Crippen LogP contribution in [-0.4, -0.2) is 24.0 Å². The summed E-state index contributed by atoms with van der Waals surface area (Å²) in [4.78, 5) is 11.7. The van der Waals surface area contributed by atoms with Crippen LogP contribution >= 0.6 is 11.8 Å². The summed E-state index contributed by atoms with van der Waals surface area (Å²) in [6.07, 6.45) is 2.57. The molecule has 0 heterocycles. The van der Waals surface area contributed by atoms with Gasteiger partial charge in [-0.1, -0.05) is 6.07 Å². The molecule has 0 radical (unpaired) electrons. The third-order valence-corrected chi connectivity index (χ3v) is 3.07. The highest BCUT2D eigenvalue weighted by molar-refractivity contribution is 7.98. The van der Waals surface area contributed by atoms with Crippen molar-refractivity contribution in [2.75, 3.05) is 17.3 Å². The Bertz CT molecular complexity index is 398. The van der Waals surface area contributed by atoms with Crippen LogP contribution in [0.15, 0.2) is 18.2 Å². The minimum absolute atomic E-state index is 0.271. The van der Waals surface area contributed by atoms with Gasteiger partial charge in [0.2, 0.25) is 5.91 Å². The van der Waals surface area contributed by atoms with Gasteiger partial charge < -0.3 is 11.1 Å². The third kappa shape index (κ3) is 4.36. The van der Waals surface area contributed by atoms with Gasteiger partial charge in [-0.05, 0) is 43.0 Å². The number of amides is 1. The number of anilines is 1. The van der Waals surface area contributed by atoms with Gasteiger partial charge in [-0.2, -0.15) is 11.8 Å². The van der Waals surface area contributed by atoms with Crippen molar-refractivity contribution >= 4 is 23.4 Å². The van der Waals surface area contributed by atoms with Gasteiger partial charge in [-0.25, -0.2) is 4.39 Å². The molecule has 0 saturated carbocycles. The van der Waals surface area contributed by atoms with Crippen molar-refractivity contribution in [1.82, 2.24) is 0 Å². The molecule has 94 valence electrons. The van der Waals surface area contributed by atoms with Crippen molar-refractivity contribution in [3.8, 4) is 0 Å². The summed E-state index contributed by atoms with van der Waals surface area (Å²) in [7, 11) is 0. The van der Waals surface area contributed by atoms with E-state index in [2.05, 4.69) is 5.32 Å². The Balaban J connectivity index is 2.64. The molecule has 1 aromatic carbocycles. The number of nitrogens with one attached hydrogen (secondary N) is 1. The minimum atomic E-state index is -0.551. The van der Waals surface area contributed by atoms with Crippen LogP contribution in [0.25, 0.3) is 0 Å². The number of halogens is 1. The molecule has 1 unspecified atom stereocenters. The zero-order valence-electron chi connectivity index (χ0n) is 10.00. The smallest absolute Gasteiger partial charge is 0.241 e. The average molecular weight is 256 g/mol.